The molecule has 0 aliphatic heterocycles. The lowest BCUT2D eigenvalue weighted by Gasteiger charge is -2.27. The van der Waals surface area contributed by atoms with Crippen LogP contribution in [0.1, 0.15) is 0 Å². The Bertz CT molecular complexity index is 3110. The summed E-state index contributed by atoms with van der Waals surface area (Å²) in [5, 5.41) is 9.75. The highest BCUT2D eigenvalue weighted by molar-refractivity contribution is 7.26. The van der Waals surface area contributed by atoms with Crippen LogP contribution in [0.2, 0.25) is 0 Å². The summed E-state index contributed by atoms with van der Waals surface area (Å²) in [5.41, 5.74) is 7.59. The van der Waals surface area contributed by atoms with Crippen molar-refractivity contribution in [3.05, 3.63) is 164 Å². The summed E-state index contributed by atoms with van der Waals surface area (Å²) in [6.07, 6.45) is 0. The predicted octanol–water partition coefficient (Wildman–Crippen LogP) is 14.6. The van der Waals surface area contributed by atoms with Crippen LogP contribution in [-0.4, -0.2) is 0 Å². The van der Waals surface area contributed by atoms with E-state index in [2.05, 4.69) is 169 Å². The van der Waals surface area contributed by atoms with Gasteiger partial charge in [0.05, 0.1) is 21.5 Å². The molecule has 0 unspecified atom stereocenters. The zero-order valence-corrected chi connectivity index (χ0v) is 28.4. The Morgan fingerprint density at radius 1 is 0.420 bits per heavy atom. The molecule has 0 saturated heterocycles. The van der Waals surface area contributed by atoms with E-state index in [9.17, 15) is 0 Å². The van der Waals surface area contributed by atoms with Gasteiger partial charge >= 0.3 is 0 Å². The molecule has 0 N–H and O–H groups in total. The van der Waals surface area contributed by atoms with E-state index in [1.807, 2.05) is 22.7 Å². The molecule has 0 aliphatic carbocycles. The summed E-state index contributed by atoms with van der Waals surface area (Å²) in [6.45, 7) is 0. The fourth-order valence-electron chi connectivity index (χ4n) is 7.75. The van der Waals surface area contributed by atoms with Gasteiger partial charge in [-0.1, -0.05) is 103 Å². The number of furan rings is 1. The van der Waals surface area contributed by atoms with Crippen molar-refractivity contribution in [1.29, 1.82) is 0 Å². The minimum Gasteiger partial charge on any atom is -0.455 e. The van der Waals surface area contributed by atoms with Crippen molar-refractivity contribution in [2.24, 2.45) is 0 Å². The van der Waals surface area contributed by atoms with Crippen molar-refractivity contribution in [3.63, 3.8) is 0 Å². The van der Waals surface area contributed by atoms with Gasteiger partial charge in [-0.25, -0.2) is 0 Å². The molecule has 4 heteroatoms. The highest BCUT2D eigenvalue weighted by Crippen LogP contribution is 2.48. The molecular formula is C46H27NOS2. The molecule has 11 rings (SSSR count). The van der Waals surface area contributed by atoms with Gasteiger partial charge in [-0.05, 0) is 77.2 Å². The first-order valence-electron chi connectivity index (χ1n) is 16.8. The average Bonchev–Trinajstić information content (AvgIpc) is 3.87. The number of hydrogen-bond acceptors (Lipinski definition) is 4. The van der Waals surface area contributed by atoms with E-state index in [4.69, 9.17) is 4.42 Å². The molecule has 234 valence electrons. The van der Waals surface area contributed by atoms with E-state index in [0.29, 0.717) is 0 Å². The highest BCUT2D eigenvalue weighted by Gasteiger charge is 2.23. The SMILES string of the molecule is c1ccc2c(c1)ccc1c2oc2cccc(N(c3ccc(-c4ccc5sc6ccccc6c5c4)cc3)c3cccc4c3sc3ccccc34)c21. The van der Waals surface area contributed by atoms with Gasteiger partial charge in [-0.2, -0.15) is 0 Å². The molecular weight excluding hydrogens is 647 g/mol. The normalized spacial score (nSPS) is 12.0. The van der Waals surface area contributed by atoms with Gasteiger partial charge in [0.2, 0.25) is 0 Å². The first kappa shape index (κ1) is 28.0. The molecule has 0 radical (unpaired) electrons. The summed E-state index contributed by atoms with van der Waals surface area (Å²) in [4.78, 5) is 2.43. The second-order valence-corrected chi connectivity index (χ2v) is 15.0. The van der Waals surface area contributed by atoms with Gasteiger partial charge in [-0.3, -0.25) is 0 Å². The third-order valence-electron chi connectivity index (χ3n) is 10.1. The molecule has 8 aromatic carbocycles. The summed E-state index contributed by atoms with van der Waals surface area (Å²) in [5.74, 6) is 0. The second kappa shape index (κ2) is 10.8. The standard InChI is InChI=1S/C46H27NOS2/c1-2-10-32-29(9-1)21-25-36-44-38(14-8-16-40(44)48-45(32)36)47(39-15-7-13-35-33-11-3-6-18-42(33)50-46(35)39)31-23-19-28(20-24-31)30-22-26-43-37(27-30)34-12-4-5-17-41(34)49-43/h1-27H. The lowest BCUT2D eigenvalue weighted by molar-refractivity contribution is 0.672. The third kappa shape index (κ3) is 4.13. The highest BCUT2D eigenvalue weighted by atomic mass is 32.1. The van der Waals surface area contributed by atoms with Crippen molar-refractivity contribution < 1.29 is 4.42 Å². The van der Waals surface area contributed by atoms with Gasteiger partial charge in [0.1, 0.15) is 11.2 Å². The number of anilines is 3. The Labute approximate surface area is 295 Å². The molecule has 0 aliphatic rings. The molecule has 0 amide bonds. The molecule has 0 saturated carbocycles. The Balaban J connectivity index is 1.14. The Hall–Kier alpha value is -5.94. The Morgan fingerprint density at radius 2 is 1.08 bits per heavy atom. The van der Waals surface area contributed by atoms with E-state index in [1.165, 1.54) is 56.9 Å². The Kier molecular flexibility index (Phi) is 6.03. The summed E-state index contributed by atoms with van der Waals surface area (Å²) in [6, 6.07) is 59.5. The van der Waals surface area contributed by atoms with Gasteiger partial charge in [0, 0.05) is 52.1 Å². The maximum Gasteiger partial charge on any atom is 0.143 e. The number of hydrogen-bond donors (Lipinski definition) is 0. The van der Waals surface area contributed by atoms with Gasteiger partial charge in [0.15, 0.2) is 0 Å². The smallest absolute Gasteiger partial charge is 0.143 e. The fraction of sp³-hybridized carbons (Fsp3) is 0. The molecule has 0 spiro atoms. The number of fused-ring (bicyclic) bond motifs is 11. The van der Waals surface area contributed by atoms with Crippen LogP contribution in [-0.2, 0) is 0 Å². The average molecular weight is 674 g/mol. The molecule has 0 fully saturated rings. The predicted molar refractivity (Wildman–Crippen MR) is 217 cm³/mol. The summed E-state index contributed by atoms with van der Waals surface area (Å²) in [7, 11) is 0. The van der Waals surface area contributed by atoms with Crippen molar-refractivity contribution in [1.82, 2.24) is 0 Å². The lowest BCUT2D eigenvalue weighted by Crippen LogP contribution is -2.10. The van der Waals surface area contributed by atoms with Crippen LogP contribution in [0, 0.1) is 0 Å². The maximum atomic E-state index is 6.68. The molecule has 0 bridgehead atoms. The van der Waals surface area contributed by atoms with Crippen LogP contribution in [0.3, 0.4) is 0 Å². The zero-order valence-electron chi connectivity index (χ0n) is 26.8. The first-order valence-corrected chi connectivity index (χ1v) is 18.5. The number of thiophene rings is 2. The fourth-order valence-corrected chi connectivity index (χ4v) is 10.0. The number of nitrogens with zero attached hydrogens (tertiary/aromatic N) is 1. The van der Waals surface area contributed by atoms with Crippen molar-refractivity contribution in [2.45, 2.75) is 0 Å². The lowest BCUT2D eigenvalue weighted by atomic mass is 10.0. The van der Waals surface area contributed by atoms with Crippen molar-refractivity contribution >= 4 is 113 Å². The van der Waals surface area contributed by atoms with E-state index in [1.54, 1.807) is 0 Å². The third-order valence-corrected chi connectivity index (χ3v) is 12.4. The zero-order chi connectivity index (χ0) is 32.8. The van der Waals surface area contributed by atoms with Gasteiger partial charge in [0.25, 0.3) is 0 Å². The largest absolute Gasteiger partial charge is 0.455 e. The molecule has 2 nitrogen and oxygen atoms in total. The van der Waals surface area contributed by atoms with Crippen molar-refractivity contribution in [3.8, 4) is 11.1 Å². The van der Waals surface area contributed by atoms with Crippen LogP contribution in [0.4, 0.5) is 17.1 Å². The van der Waals surface area contributed by atoms with Crippen molar-refractivity contribution in [2.75, 3.05) is 4.90 Å². The molecule has 11 aromatic rings. The van der Waals surface area contributed by atoms with Crippen LogP contribution in [0.25, 0.3) is 84.2 Å². The number of benzene rings is 8. The number of rotatable bonds is 4. The molecule has 3 heterocycles. The van der Waals surface area contributed by atoms with Crippen LogP contribution < -0.4 is 4.90 Å². The summed E-state index contributed by atoms with van der Waals surface area (Å²) >= 11 is 3.72. The maximum absolute atomic E-state index is 6.68. The van der Waals surface area contributed by atoms with Gasteiger partial charge in [-0.15, -0.1) is 22.7 Å². The van der Waals surface area contributed by atoms with Crippen LogP contribution in [0.15, 0.2) is 168 Å². The molecule has 0 atom stereocenters. The minimum atomic E-state index is 0.885. The van der Waals surface area contributed by atoms with E-state index >= 15 is 0 Å². The van der Waals surface area contributed by atoms with Gasteiger partial charge < -0.3 is 9.32 Å². The van der Waals surface area contributed by atoms with Crippen LogP contribution >= 0.6 is 22.7 Å². The van der Waals surface area contributed by atoms with E-state index in [-0.39, 0.29) is 0 Å². The first-order chi connectivity index (χ1) is 24.8. The monoisotopic (exact) mass is 673 g/mol. The Morgan fingerprint density at radius 3 is 1.94 bits per heavy atom. The van der Waals surface area contributed by atoms with E-state index in [0.717, 1.165) is 44.4 Å². The molecule has 3 aromatic heterocycles. The minimum absolute atomic E-state index is 0.885. The molecule has 50 heavy (non-hydrogen) atoms. The second-order valence-electron chi connectivity index (χ2n) is 12.9. The summed E-state index contributed by atoms with van der Waals surface area (Å²) < 4.78 is 11.9. The quantitative estimate of drug-likeness (QED) is 0.185. The topological polar surface area (TPSA) is 16.4 Å². The van der Waals surface area contributed by atoms with E-state index < -0.39 is 0 Å². The van der Waals surface area contributed by atoms with Crippen LogP contribution in [0.5, 0.6) is 0 Å².